The Balaban J connectivity index is 1.23. The van der Waals surface area contributed by atoms with Gasteiger partial charge < -0.3 is 35.2 Å². The summed E-state index contributed by atoms with van der Waals surface area (Å²) in [5.41, 5.74) is 2.54. The number of rotatable bonds is 17. The number of benzene rings is 3. The SMILES string of the molecule is C[N+](CCCNC(=O)CCCC(=O)O)(CCCNC(=O)c1ccc2c(c1)C(=O)OC21c2ccc(O)cc2Cc2cc(O)ccc21)CCCS(=O)(=O)O. The minimum atomic E-state index is -4.13. The van der Waals surface area contributed by atoms with Crippen LogP contribution < -0.4 is 10.6 Å². The Morgan fingerprint density at radius 1 is 0.808 bits per heavy atom. The van der Waals surface area contributed by atoms with Gasteiger partial charge in [-0.15, -0.1) is 0 Å². The highest BCUT2D eigenvalue weighted by Crippen LogP contribution is 2.52. The third-order valence-electron chi connectivity index (χ3n) is 9.70. The third-order valence-corrected chi connectivity index (χ3v) is 10.5. The van der Waals surface area contributed by atoms with E-state index in [9.17, 15) is 42.4 Å². The van der Waals surface area contributed by atoms with Gasteiger partial charge in [-0.2, -0.15) is 8.42 Å². The molecule has 0 fully saturated rings. The fourth-order valence-electron chi connectivity index (χ4n) is 7.21. The summed E-state index contributed by atoms with van der Waals surface area (Å²) >= 11 is 0. The molecule has 0 saturated heterocycles. The first kappa shape index (κ1) is 38.2. The Bertz CT molecular complexity index is 1930. The summed E-state index contributed by atoms with van der Waals surface area (Å²) in [6.45, 7) is 2.21. The fraction of sp³-hybridized carbons (Fsp3) is 0.405. The van der Waals surface area contributed by atoms with E-state index in [1.165, 1.54) is 18.2 Å². The summed E-state index contributed by atoms with van der Waals surface area (Å²) < 4.78 is 38.5. The molecule has 0 bridgehead atoms. The van der Waals surface area contributed by atoms with Crippen LogP contribution in [-0.2, 0) is 36.5 Å². The molecule has 0 aromatic heterocycles. The van der Waals surface area contributed by atoms with E-state index in [1.807, 2.05) is 7.05 Å². The van der Waals surface area contributed by atoms with Crippen LogP contribution in [0.2, 0.25) is 0 Å². The summed E-state index contributed by atoms with van der Waals surface area (Å²) in [5, 5.41) is 34.8. The van der Waals surface area contributed by atoms with Gasteiger partial charge in [0.05, 0.1) is 38.0 Å². The Morgan fingerprint density at radius 2 is 1.38 bits per heavy atom. The first-order chi connectivity index (χ1) is 24.6. The maximum Gasteiger partial charge on any atom is 0.340 e. The van der Waals surface area contributed by atoms with E-state index in [1.54, 1.807) is 36.4 Å². The molecule has 1 unspecified atom stereocenters. The van der Waals surface area contributed by atoms with E-state index in [0.29, 0.717) is 66.6 Å². The van der Waals surface area contributed by atoms with Crippen LogP contribution in [-0.4, -0.2) is 102 Å². The molecule has 0 radical (unpaired) electrons. The molecule has 52 heavy (non-hydrogen) atoms. The second-order valence-electron chi connectivity index (χ2n) is 13.7. The molecular formula is C37H44N3O11S+. The number of nitrogens with one attached hydrogen (secondary N) is 2. The number of ether oxygens (including phenoxy) is 1. The van der Waals surface area contributed by atoms with Crippen LogP contribution >= 0.6 is 0 Å². The molecule has 15 heteroatoms. The van der Waals surface area contributed by atoms with Crippen LogP contribution in [0.25, 0.3) is 0 Å². The number of carboxylic acid groups (broad SMARTS) is 1. The summed E-state index contributed by atoms with van der Waals surface area (Å²) in [6.07, 6.45) is 1.99. The third kappa shape index (κ3) is 8.89. The van der Waals surface area contributed by atoms with Crippen LogP contribution in [0.3, 0.4) is 0 Å². The minimum Gasteiger partial charge on any atom is -0.508 e. The van der Waals surface area contributed by atoms with Gasteiger partial charge in [-0.25, -0.2) is 4.79 Å². The normalized spacial score (nSPS) is 15.2. The molecule has 1 aliphatic carbocycles. The predicted molar refractivity (Wildman–Crippen MR) is 189 cm³/mol. The molecule has 3 aromatic carbocycles. The van der Waals surface area contributed by atoms with E-state index < -0.39 is 33.6 Å². The van der Waals surface area contributed by atoms with Crippen LogP contribution in [0.1, 0.15) is 87.1 Å². The average molecular weight is 739 g/mol. The van der Waals surface area contributed by atoms with Gasteiger partial charge in [-0.3, -0.25) is 18.9 Å². The van der Waals surface area contributed by atoms with Gasteiger partial charge in [0.15, 0.2) is 5.60 Å². The Labute approximate surface area is 301 Å². The number of quaternary nitrogens is 1. The molecule has 6 N–H and O–H groups in total. The topological polar surface area (TPSA) is 217 Å². The number of hydrogen-bond donors (Lipinski definition) is 6. The number of carbonyl (C=O) groups excluding carboxylic acids is 3. The standard InChI is InChI=1S/C37H43N3O11S/c1-40(18-5-19-52(48,49)50,16-3-14-38-33(43)6-2-7-34(44)45)17-4-15-39-35(46)24-8-11-32-29(23-24)36(47)51-37(32)30-12-9-27(41)21-25(30)20-26-22-28(42)10-13-31(26)37/h8-13,21-23H,2-7,14-20H2,1H3,(H5-,38,39,41,42,43,44,45,46,48,49,50)/p+1. The van der Waals surface area contributed by atoms with Crippen molar-refractivity contribution >= 4 is 33.9 Å². The molecular weight excluding hydrogens is 694 g/mol. The maximum absolute atomic E-state index is 13.4. The number of phenols is 2. The van der Waals surface area contributed by atoms with E-state index in [0.717, 1.165) is 11.1 Å². The lowest BCUT2D eigenvalue weighted by Gasteiger charge is -2.37. The van der Waals surface area contributed by atoms with E-state index in [-0.39, 0.29) is 66.5 Å². The quantitative estimate of drug-likeness (QED) is 0.0512. The van der Waals surface area contributed by atoms with Crippen molar-refractivity contribution < 1.29 is 56.7 Å². The van der Waals surface area contributed by atoms with Gasteiger partial charge >= 0.3 is 11.9 Å². The molecule has 1 spiro atoms. The van der Waals surface area contributed by atoms with Gasteiger partial charge in [0.25, 0.3) is 16.0 Å². The highest BCUT2D eigenvalue weighted by atomic mass is 32.2. The van der Waals surface area contributed by atoms with Crippen molar-refractivity contribution in [2.45, 2.75) is 50.5 Å². The first-order valence-electron chi connectivity index (χ1n) is 17.2. The van der Waals surface area contributed by atoms with Crippen molar-refractivity contribution in [1.82, 2.24) is 10.6 Å². The lowest BCUT2D eigenvalue weighted by molar-refractivity contribution is -0.909. The molecule has 1 atom stereocenters. The molecule has 278 valence electrons. The number of carboxylic acids is 1. The van der Waals surface area contributed by atoms with E-state index in [4.69, 9.17) is 9.84 Å². The van der Waals surface area contributed by atoms with Crippen LogP contribution in [0.4, 0.5) is 0 Å². The van der Waals surface area contributed by atoms with Crippen molar-refractivity contribution in [2.24, 2.45) is 0 Å². The first-order valence-corrected chi connectivity index (χ1v) is 18.8. The van der Waals surface area contributed by atoms with Crippen LogP contribution in [0.15, 0.2) is 54.6 Å². The monoisotopic (exact) mass is 738 g/mol. The van der Waals surface area contributed by atoms with Crippen molar-refractivity contribution in [3.8, 4) is 11.5 Å². The zero-order chi connectivity index (χ0) is 37.7. The number of nitrogens with zero attached hydrogens (tertiary/aromatic N) is 1. The smallest absolute Gasteiger partial charge is 0.340 e. The van der Waals surface area contributed by atoms with Crippen molar-refractivity contribution in [3.63, 3.8) is 0 Å². The van der Waals surface area contributed by atoms with Crippen LogP contribution in [0.5, 0.6) is 11.5 Å². The largest absolute Gasteiger partial charge is 0.508 e. The van der Waals surface area contributed by atoms with Gasteiger partial charge in [0.2, 0.25) is 5.91 Å². The van der Waals surface area contributed by atoms with Gasteiger partial charge in [-0.1, -0.05) is 18.2 Å². The van der Waals surface area contributed by atoms with Gasteiger partial charge in [0.1, 0.15) is 11.5 Å². The lowest BCUT2D eigenvalue weighted by atomic mass is 9.71. The molecule has 5 rings (SSSR count). The number of hydrogen-bond acceptors (Lipinski definition) is 9. The second kappa shape index (κ2) is 15.7. The number of fused-ring (bicyclic) bond motifs is 6. The molecule has 1 heterocycles. The molecule has 3 aromatic rings. The predicted octanol–water partition coefficient (Wildman–Crippen LogP) is 3.07. The Hall–Kier alpha value is -4.99. The summed E-state index contributed by atoms with van der Waals surface area (Å²) in [7, 11) is -2.20. The molecule has 0 saturated carbocycles. The number of carbonyl (C=O) groups is 4. The number of esters is 1. The highest BCUT2D eigenvalue weighted by molar-refractivity contribution is 7.85. The number of phenolic OH excluding ortho intramolecular Hbond substituents is 2. The van der Waals surface area contributed by atoms with Gasteiger partial charge in [-0.05, 0) is 60.4 Å². The summed E-state index contributed by atoms with van der Waals surface area (Å²) in [4.78, 5) is 49.4. The van der Waals surface area contributed by atoms with Crippen LogP contribution in [0, 0.1) is 0 Å². The molecule has 1 aliphatic heterocycles. The molecule has 2 aliphatic rings. The average Bonchev–Trinajstić information content (AvgIpc) is 3.35. The van der Waals surface area contributed by atoms with E-state index >= 15 is 0 Å². The number of aliphatic carboxylic acids is 1. The van der Waals surface area contributed by atoms with Crippen molar-refractivity contribution in [2.75, 3.05) is 45.5 Å². The maximum atomic E-state index is 13.4. The summed E-state index contributed by atoms with van der Waals surface area (Å²) in [6, 6.07) is 14.6. The molecule has 14 nitrogen and oxygen atoms in total. The number of aromatic hydroxyl groups is 2. The van der Waals surface area contributed by atoms with Crippen molar-refractivity contribution in [3.05, 3.63) is 93.5 Å². The minimum absolute atomic E-state index is 0.0570. The Kier molecular flexibility index (Phi) is 11.6. The number of amides is 2. The summed E-state index contributed by atoms with van der Waals surface area (Å²) in [5.74, 6) is -2.49. The lowest BCUT2D eigenvalue weighted by Crippen LogP contribution is -2.48. The second-order valence-corrected chi connectivity index (χ2v) is 15.3. The van der Waals surface area contributed by atoms with E-state index in [2.05, 4.69) is 10.6 Å². The zero-order valence-corrected chi connectivity index (χ0v) is 29.7. The zero-order valence-electron chi connectivity index (χ0n) is 28.9. The molecule has 2 amide bonds. The van der Waals surface area contributed by atoms with Crippen molar-refractivity contribution in [1.29, 1.82) is 0 Å². The fourth-order valence-corrected chi connectivity index (χ4v) is 7.70. The highest BCUT2D eigenvalue weighted by Gasteiger charge is 2.52. The van der Waals surface area contributed by atoms with Gasteiger partial charge in [0, 0.05) is 67.4 Å². The Morgan fingerprint density at radius 3 is 1.98 bits per heavy atom.